The average Bonchev–Trinajstić information content (AvgIpc) is 2.29. The van der Waals surface area contributed by atoms with E-state index in [4.69, 9.17) is 10.9 Å². The molecule has 1 aliphatic rings. The number of piperazine rings is 1. The predicted molar refractivity (Wildman–Crippen MR) is 64.6 cm³/mol. The molecule has 0 aromatic carbocycles. The molecule has 100 valence electrons. The number of amides is 1. The first-order chi connectivity index (χ1) is 7.97. The predicted octanol–water partition coefficient (Wildman–Crippen LogP) is -2.13. The highest BCUT2D eigenvalue weighted by molar-refractivity contribution is 5.84. The molecule has 1 rings (SSSR count). The van der Waals surface area contributed by atoms with Crippen LogP contribution in [0.2, 0.25) is 0 Å². The quantitative estimate of drug-likeness (QED) is 0.191. The number of rotatable bonds is 5. The number of carbonyl (C=O) groups is 1. The number of hydrogen-bond acceptors (Lipinski definition) is 6. The number of hydrazine groups is 1. The summed E-state index contributed by atoms with van der Waals surface area (Å²) in [5.74, 6) is 5.53. The highest BCUT2D eigenvalue weighted by Crippen LogP contribution is 2.06. The van der Waals surface area contributed by atoms with Gasteiger partial charge in [0.25, 0.3) is 5.91 Å². The van der Waals surface area contributed by atoms with Gasteiger partial charge in [0.2, 0.25) is 0 Å². The molecular weight excluding hydrogens is 222 g/mol. The summed E-state index contributed by atoms with van der Waals surface area (Å²) in [7, 11) is 0. The number of nitrogens with one attached hydrogen (secondary N) is 2. The molecule has 0 atom stereocenters. The van der Waals surface area contributed by atoms with Crippen LogP contribution in [0.25, 0.3) is 0 Å². The second-order valence-electron chi connectivity index (χ2n) is 4.74. The number of hydrogen-bond donors (Lipinski definition) is 4. The fraction of sp³-hybridized carbons (Fsp3) is 0.900. The van der Waals surface area contributed by atoms with Gasteiger partial charge < -0.3 is 10.4 Å². The molecule has 0 radical (unpaired) electrons. The van der Waals surface area contributed by atoms with Gasteiger partial charge in [0.15, 0.2) is 0 Å². The standard InChI is InChI=1S/C10H23N5O2/c1-10(2,13-7-16)9(17)15(11)8-14-5-3-12-4-6-14/h12-13,16H,3-8,11H2,1-2H3. The Balaban J connectivity index is 2.45. The molecule has 17 heavy (non-hydrogen) atoms. The van der Waals surface area contributed by atoms with Crippen LogP contribution in [0, 0.1) is 0 Å². The van der Waals surface area contributed by atoms with E-state index in [9.17, 15) is 4.79 Å². The summed E-state index contributed by atoms with van der Waals surface area (Å²) in [6.07, 6.45) is 0. The molecule has 1 saturated heterocycles. The number of nitrogens with zero attached hydrogens (tertiary/aromatic N) is 2. The molecule has 1 heterocycles. The number of carbonyl (C=O) groups excluding carboxylic acids is 1. The van der Waals surface area contributed by atoms with Crippen molar-refractivity contribution >= 4 is 5.91 Å². The van der Waals surface area contributed by atoms with Gasteiger partial charge in [0.1, 0.15) is 0 Å². The fourth-order valence-electron chi connectivity index (χ4n) is 1.76. The van der Waals surface area contributed by atoms with E-state index in [1.54, 1.807) is 13.8 Å². The minimum atomic E-state index is -0.850. The van der Waals surface area contributed by atoms with Crippen LogP contribution in [0.1, 0.15) is 13.8 Å². The Morgan fingerprint density at radius 1 is 1.53 bits per heavy atom. The maximum atomic E-state index is 12.0. The highest BCUT2D eigenvalue weighted by atomic mass is 16.3. The van der Waals surface area contributed by atoms with Gasteiger partial charge in [0, 0.05) is 26.2 Å². The lowest BCUT2D eigenvalue weighted by Crippen LogP contribution is -2.60. The van der Waals surface area contributed by atoms with Gasteiger partial charge in [-0.25, -0.2) is 5.84 Å². The van der Waals surface area contributed by atoms with Gasteiger partial charge in [0.05, 0.1) is 18.9 Å². The van der Waals surface area contributed by atoms with Crippen LogP contribution in [0.15, 0.2) is 0 Å². The first-order valence-electron chi connectivity index (χ1n) is 5.83. The molecule has 0 saturated carbocycles. The van der Waals surface area contributed by atoms with Crippen LogP contribution in [0.5, 0.6) is 0 Å². The Bertz CT molecular complexity index is 253. The van der Waals surface area contributed by atoms with Crippen molar-refractivity contribution in [1.29, 1.82) is 0 Å². The summed E-state index contributed by atoms with van der Waals surface area (Å²) in [5, 5.41) is 15.9. The summed E-state index contributed by atoms with van der Waals surface area (Å²) in [4.78, 5) is 14.1. The van der Waals surface area contributed by atoms with Gasteiger partial charge in [-0.05, 0) is 13.8 Å². The first-order valence-corrected chi connectivity index (χ1v) is 5.83. The van der Waals surface area contributed by atoms with E-state index in [1.807, 2.05) is 0 Å². The van der Waals surface area contributed by atoms with Crippen LogP contribution in [0.4, 0.5) is 0 Å². The van der Waals surface area contributed by atoms with Crippen LogP contribution in [-0.2, 0) is 4.79 Å². The van der Waals surface area contributed by atoms with E-state index in [1.165, 1.54) is 5.01 Å². The van der Waals surface area contributed by atoms with Gasteiger partial charge >= 0.3 is 0 Å². The topological polar surface area (TPSA) is 93.9 Å². The molecule has 7 nitrogen and oxygen atoms in total. The highest BCUT2D eigenvalue weighted by Gasteiger charge is 2.30. The zero-order valence-electron chi connectivity index (χ0n) is 10.6. The second-order valence-corrected chi connectivity index (χ2v) is 4.74. The molecule has 1 amide bonds. The SMILES string of the molecule is CC(C)(NCO)C(=O)N(N)CN1CCNCC1. The lowest BCUT2D eigenvalue weighted by atomic mass is 10.1. The molecule has 0 aliphatic carbocycles. The minimum Gasteiger partial charge on any atom is -0.381 e. The van der Waals surface area contributed by atoms with Gasteiger partial charge in [-0.1, -0.05) is 0 Å². The van der Waals surface area contributed by atoms with Crippen molar-refractivity contribution in [3.05, 3.63) is 0 Å². The molecule has 0 aromatic rings. The number of nitrogens with two attached hydrogens (primary N) is 1. The van der Waals surface area contributed by atoms with E-state index in [0.29, 0.717) is 6.67 Å². The zero-order chi connectivity index (χ0) is 12.9. The molecular formula is C10H23N5O2. The Kier molecular flexibility index (Phi) is 5.29. The Morgan fingerprint density at radius 2 is 2.12 bits per heavy atom. The van der Waals surface area contributed by atoms with Crippen LogP contribution >= 0.6 is 0 Å². The molecule has 0 spiro atoms. The Morgan fingerprint density at radius 3 is 2.65 bits per heavy atom. The van der Waals surface area contributed by atoms with Crippen LogP contribution < -0.4 is 16.5 Å². The maximum Gasteiger partial charge on any atom is 0.257 e. The Labute approximate surface area is 102 Å². The third-order valence-electron chi connectivity index (χ3n) is 2.88. The average molecular weight is 245 g/mol. The van der Waals surface area contributed by atoms with Gasteiger partial charge in [-0.3, -0.25) is 20.0 Å². The van der Waals surface area contributed by atoms with Crippen molar-refractivity contribution in [3.8, 4) is 0 Å². The monoisotopic (exact) mass is 245 g/mol. The summed E-state index contributed by atoms with van der Waals surface area (Å²) in [6, 6.07) is 0. The van der Waals surface area contributed by atoms with E-state index in [-0.39, 0.29) is 12.6 Å². The molecule has 7 heteroatoms. The van der Waals surface area contributed by atoms with E-state index in [2.05, 4.69) is 15.5 Å². The lowest BCUT2D eigenvalue weighted by molar-refractivity contribution is -0.140. The van der Waals surface area contributed by atoms with Gasteiger partial charge in [-0.15, -0.1) is 0 Å². The van der Waals surface area contributed by atoms with E-state index >= 15 is 0 Å². The van der Waals surface area contributed by atoms with Crippen molar-refractivity contribution in [1.82, 2.24) is 20.5 Å². The smallest absolute Gasteiger partial charge is 0.257 e. The molecule has 0 unspecified atom stereocenters. The van der Waals surface area contributed by atoms with E-state index < -0.39 is 5.54 Å². The summed E-state index contributed by atoms with van der Waals surface area (Å²) >= 11 is 0. The summed E-state index contributed by atoms with van der Waals surface area (Å²) in [6.45, 7) is 7.16. The second kappa shape index (κ2) is 6.27. The van der Waals surface area contributed by atoms with Crippen molar-refractivity contribution in [2.45, 2.75) is 19.4 Å². The van der Waals surface area contributed by atoms with Gasteiger partial charge in [-0.2, -0.15) is 0 Å². The first kappa shape index (κ1) is 14.3. The lowest BCUT2D eigenvalue weighted by Gasteiger charge is -2.34. The largest absolute Gasteiger partial charge is 0.381 e. The van der Waals surface area contributed by atoms with Crippen molar-refractivity contribution in [2.75, 3.05) is 39.6 Å². The fourth-order valence-corrected chi connectivity index (χ4v) is 1.76. The van der Waals surface area contributed by atoms with Crippen LogP contribution in [-0.4, -0.2) is 66.0 Å². The third-order valence-corrected chi connectivity index (χ3v) is 2.88. The molecule has 0 bridgehead atoms. The van der Waals surface area contributed by atoms with Crippen molar-refractivity contribution in [3.63, 3.8) is 0 Å². The number of aliphatic hydroxyl groups excluding tert-OH is 1. The van der Waals surface area contributed by atoms with Crippen molar-refractivity contribution in [2.24, 2.45) is 5.84 Å². The maximum absolute atomic E-state index is 12.0. The van der Waals surface area contributed by atoms with Crippen molar-refractivity contribution < 1.29 is 9.90 Å². The molecule has 1 fully saturated rings. The summed E-state index contributed by atoms with van der Waals surface area (Å²) < 4.78 is 0. The minimum absolute atomic E-state index is 0.231. The normalized spacial score (nSPS) is 18.1. The Hall–Kier alpha value is -0.730. The summed E-state index contributed by atoms with van der Waals surface area (Å²) in [5.41, 5.74) is -0.850. The van der Waals surface area contributed by atoms with E-state index in [0.717, 1.165) is 26.2 Å². The molecule has 5 N–H and O–H groups in total. The molecule has 1 aliphatic heterocycles. The molecule has 0 aromatic heterocycles. The van der Waals surface area contributed by atoms with Crippen LogP contribution in [0.3, 0.4) is 0 Å². The number of aliphatic hydroxyl groups is 1. The third kappa shape index (κ3) is 4.21. The zero-order valence-corrected chi connectivity index (χ0v) is 10.6.